The fraction of sp³-hybridized carbons (Fsp3) is 0.0824. The summed E-state index contributed by atoms with van der Waals surface area (Å²) in [6.07, 6.45) is 5.56. The van der Waals surface area contributed by atoms with Crippen LogP contribution in [0.5, 0.6) is 0 Å². The zero-order valence-corrected chi connectivity index (χ0v) is 66.6. The van der Waals surface area contributed by atoms with E-state index in [1.54, 1.807) is 24.3 Å². The summed E-state index contributed by atoms with van der Waals surface area (Å²) in [5.41, 5.74) is 19.8. The van der Waals surface area contributed by atoms with Gasteiger partial charge in [-0.05, 0) is 134 Å². The molecule has 100 heavy (non-hydrogen) atoms. The Bertz CT molecular complexity index is 4720. The van der Waals surface area contributed by atoms with Gasteiger partial charge in [-0.25, -0.2) is 0 Å². The van der Waals surface area contributed by atoms with Gasteiger partial charge in [-0.1, -0.05) is 143 Å². The summed E-state index contributed by atoms with van der Waals surface area (Å²) in [4.78, 5) is 27.3. The SMILES string of the molecule is Cc1cccc(-c2[c-]cccc2)n1.Cc1ccnc(-c2[c-]cccc2)c1.Cc1ccnc(-c2[c-]cccc2)c1C.Cc1cnc(-c2[c-]cccc2)c(C)c1.Fc1c[c-]c(-c2cccc(C3(c4cccc(-c5[c-]cc(F)cc5F)n4)c4ccccc4-c4ccccc43)n2)c(F)c1.[Ir].[Ir].[Ir].[Ir].[Pt+2]. The average molecular weight is 2210 g/mol. The van der Waals surface area contributed by atoms with Gasteiger partial charge in [0, 0.05) is 128 Å². The van der Waals surface area contributed by atoms with Gasteiger partial charge in [-0.2, -0.15) is 0 Å². The molecule has 15 rings (SSSR count). The molecule has 6 heterocycles. The first kappa shape index (κ1) is 80.6. The Morgan fingerprint density at radius 3 is 1.27 bits per heavy atom. The summed E-state index contributed by atoms with van der Waals surface area (Å²) in [5.74, 6) is -3.02. The molecule has 6 nitrogen and oxygen atoms in total. The van der Waals surface area contributed by atoms with Crippen LogP contribution in [-0.4, -0.2) is 29.9 Å². The van der Waals surface area contributed by atoms with Crippen molar-refractivity contribution in [3.8, 4) is 78.7 Å². The molecule has 0 bridgehead atoms. The minimum atomic E-state index is -1.08. The van der Waals surface area contributed by atoms with Crippen molar-refractivity contribution in [1.29, 1.82) is 0 Å². The Hall–Kier alpha value is -8.33. The number of aryl methyl sites for hydroxylation is 5. The van der Waals surface area contributed by atoms with Crippen LogP contribution in [0, 0.1) is 101 Å². The van der Waals surface area contributed by atoms with Crippen LogP contribution in [0.2, 0.25) is 0 Å². The molecular formula is C85H62F4Ir4N6Pt-4. The molecule has 15 heteroatoms. The van der Waals surface area contributed by atoms with Gasteiger partial charge in [0.05, 0.1) is 11.4 Å². The molecule has 0 fully saturated rings. The third kappa shape index (κ3) is 19.4. The van der Waals surface area contributed by atoms with Gasteiger partial charge in [0.2, 0.25) is 0 Å². The van der Waals surface area contributed by atoms with E-state index >= 15 is 0 Å². The maximum atomic E-state index is 14.9. The van der Waals surface area contributed by atoms with E-state index in [4.69, 9.17) is 9.97 Å². The van der Waals surface area contributed by atoms with Crippen LogP contribution >= 0.6 is 0 Å². The van der Waals surface area contributed by atoms with Gasteiger partial charge in [0.15, 0.2) is 0 Å². The number of halogens is 4. The summed E-state index contributed by atoms with van der Waals surface area (Å²) in [6.45, 7) is 12.4. The second-order valence-electron chi connectivity index (χ2n) is 22.5. The predicted octanol–water partition coefficient (Wildman–Crippen LogP) is 20.4. The molecule has 8 aromatic carbocycles. The first-order chi connectivity index (χ1) is 46.2. The first-order valence-electron chi connectivity index (χ1n) is 30.7. The summed E-state index contributed by atoms with van der Waals surface area (Å²) in [7, 11) is 0. The number of rotatable bonds is 8. The number of fused-ring (bicyclic) bond motifs is 3. The summed E-state index contributed by atoms with van der Waals surface area (Å²) in [5, 5.41) is 0. The molecule has 14 aromatic rings. The fourth-order valence-electron chi connectivity index (χ4n) is 11.2. The number of hydrogen-bond donors (Lipinski definition) is 0. The normalized spacial score (nSPS) is 10.8. The van der Waals surface area contributed by atoms with Crippen LogP contribution in [0.1, 0.15) is 56.0 Å². The maximum Gasteiger partial charge on any atom is 2.00 e. The smallest absolute Gasteiger partial charge is 0.305 e. The second kappa shape index (κ2) is 38.5. The van der Waals surface area contributed by atoms with E-state index in [1.165, 1.54) is 27.8 Å². The minimum Gasteiger partial charge on any atom is -0.305 e. The molecule has 1 aliphatic carbocycles. The topological polar surface area (TPSA) is 77.3 Å². The van der Waals surface area contributed by atoms with E-state index in [1.807, 2.05) is 214 Å². The molecule has 0 unspecified atom stereocenters. The van der Waals surface area contributed by atoms with Crippen molar-refractivity contribution in [3.63, 3.8) is 0 Å². The van der Waals surface area contributed by atoms with Gasteiger partial charge in [0.1, 0.15) is 5.41 Å². The molecule has 0 spiro atoms. The molecule has 0 amide bonds. The van der Waals surface area contributed by atoms with Gasteiger partial charge < -0.3 is 19.9 Å². The van der Waals surface area contributed by atoms with Gasteiger partial charge in [0.25, 0.3) is 0 Å². The van der Waals surface area contributed by atoms with Crippen LogP contribution in [-0.2, 0) is 107 Å². The van der Waals surface area contributed by atoms with Crippen molar-refractivity contribution in [2.45, 2.75) is 47.0 Å². The van der Waals surface area contributed by atoms with E-state index in [2.05, 4.69) is 103 Å². The number of nitrogens with zero attached hydrogens (tertiary/aromatic N) is 6. The molecule has 1 aliphatic rings. The Morgan fingerprint density at radius 2 is 0.800 bits per heavy atom. The van der Waals surface area contributed by atoms with Crippen LogP contribution in [0.3, 0.4) is 0 Å². The van der Waals surface area contributed by atoms with Gasteiger partial charge in [-0.3, -0.25) is 27.5 Å². The molecular weight excluding hydrogens is 2140 g/mol. The number of benzene rings is 8. The number of aromatic nitrogens is 6. The Morgan fingerprint density at radius 1 is 0.350 bits per heavy atom. The molecule has 0 saturated heterocycles. The van der Waals surface area contributed by atoms with E-state index < -0.39 is 28.7 Å². The Kier molecular flexibility index (Phi) is 31.0. The summed E-state index contributed by atoms with van der Waals surface area (Å²) < 4.78 is 57.1. The largest absolute Gasteiger partial charge is 2.00 e. The molecule has 0 atom stereocenters. The molecule has 0 saturated carbocycles. The average Bonchev–Trinajstić information content (AvgIpc) is 1.53. The predicted molar refractivity (Wildman–Crippen MR) is 370 cm³/mol. The Labute approximate surface area is 651 Å². The quantitative estimate of drug-likeness (QED) is 0.111. The first-order valence-corrected chi connectivity index (χ1v) is 30.7. The van der Waals surface area contributed by atoms with E-state index in [0.29, 0.717) is 11.4 Å². The van der Waals surface area contributed by atoms with E-state index in [0.717, 1.165) is 97.2 Å². The molecule has 4 radical (unpaired) electrons. The third-order valence-corrected chi connectivity index (χ3v) is 15.8. The zero-order valence-electron chi connectivity index (χ0n) is 54.7. The van der Waals surface area contributed by atoms with Crippen molar-refractivity contribution in [2.24, 2.45) is 0 Å². The monoisotopic (exact) mass is 2210 g/mol. The van der Waals surface area contributed by atoms with Crippen molar-refractivity contribution >= 4 is 0 Å². The van der Waals surface area contributed by atoms with Crippen molar-refractivity contribution in [2.75, 3.05) is 0 Å². The van der Waals surface area contributed by atoms with Crippen LogP contribution in [0.4, 0.5) is 17.6 Å². The standard InChI is InChI=1S/C35H18F4N2.2C13H12N.2C12H10N.4Ir.Pt/c36-21-15-17-25(29(38)19-21)31-11-5-13-33(40-31)35(27-9-3-1-7-23(27)24-8-2-4-10-28(24)35)34-14-6-12-32(41-34)26-18-16-22(37)20-30(26)39;1-10-8-11(2)13(14-9-10)12-6-4-3-5-7-12;1-10-8-9-14-13(11(10)2)12-6-4-3-5-7-12;1-10-6-5-9-12(13-10)11-7-3-2-4-8-11;1-10-7-8-13-12(9-10)11-5-3-2-4-6-11;;;;;/h1-16,19-20H;2*3-6,8-9H,1-2H3;2-7,9H,1H3;2-5,7-9H,1H3;;;;;/q-2;4*-1;;;;;+2. The van der Waals surface area contributed by atoms with E-state index in [9.17, 15) is 17.6 Å². The number of pyridine rings is 6. The zero-order chi connectivity index (χ0) is 66.3. The summed E-state index contributed by atoms with van der Waals surface area (Å²) >= 11 is 0. The fourth-order valence-corrected chi connectivity index (χ4v) is 11.2. The summed E-state index contributed by atoms with van der Waals surface area (Å²) in [6, 6.07) is 93.8. The third-order valence-electron chi connectivity index (χ3n) is 15.8. The van der Waals surface area contributed by atoms with Crippen molar-refractivity contribution in [1.82, 2.24) is 29.9 Å². The molecule has 510 valence electrons. The van der Waals surface area contributed by atoms with Crippen LogP contribution in [0.15, 0.2) is 267 Å². The molecule has 0 aliphatic heterocycles. The Balaban J connectivity index is 0.000000220. The van der Waals surface area contributed by atoms with Crippen LogP contribution in [0.25, 0.3) is 78.7 Å². The van der Waals surface area contributed by atoms with Gasteiger partial charge in [-0.15, -0.1) is 168 Å². The van der Waals surface area contributed by atoms with E-state index in [-0.39, 0.29) is 124 Å². The maximum absolute atomic E-state index is 14.9. The number of hydrogen-bond acceptors (Lipinski definition) is 6. The van der Waals surface area contributed by atoms with Gasteiger partial charge >= 0.3 is 21.1 Å². The van der Waals surface area contributed by atoms with Crippen LogP contribution < -0.4 is 0 Å². The molecule has 0 N–H and O–H groups in total. The van der Waals surface area contributed by atoms with Crippen molar-refractivity contribution < 1.29 is 119 Å². The molecule has 6 aromatic heterocycles. The minimum absolute atomic E-state index is 0. The van der Waals surface area contributed by atoms with Crippen molar-refractivity contribution in [3.05, 3.63) is 383 Å². The second-order valence-corrected chi connectivity index (χ2v) is 22.5.